The van der Waals surface area contributed by atoms with Crippen LogP contribution in [0, 0.1) is 5.41 Å². The summed E-state index contributed by atoms with van der Waals surface area (Å²) in [6.45, 7) is 8.17. The number of hydrogen-bond donors (Lipinski definition) is 2. The summed E-state index contributed by atoms with van der Waals surface area (Å²) >= 11 is 0. The molecule has 2 rings (SSSR count). The topological polar surface area (TPSA) is 50.4 Å². The van der Waals surface area contributed by atoms with Gasteiger partial charge in [0.25, 0.3) is 0 Å². The quantitative estimate of drug-likeness (QED) is 0.798. The highest BCUT2D eigenvalue weighted by Gasteiger charge is 2.49. The van der Waals surface area contributed by atoms with E-state index in [-0.39, 0.29) is 11.3 Å². The van der Waals surface area contributed by atoms with Gasteiger partial charge in [-0.05, 0) is 26.2 Å². The van der Waals surface area contributed by atoms with Crippen molar-refractivity contribution < 1.29 is 9.53 Å². The van der Waals surface area contributed by atoms with Crippen molar-refractivity contribution >= 4 is 5.91 Å². The van der Waals surface area contributed by atoms with E-state index in [4.69, 9.17) is 4.74 Å². The van der Waals surface area contributed by atoms with Gasteiger partial charge in [-0.15, -0.1) is 0 Å². The Kier molecular flexibility index (Phi) is 4.28. The molecule has 1 aliphatic heterocycles. The van der Waals surface area contributed by atoms with Gasteiger partial charge in [-0.2, -0.15) is 0 Å². The molecule has 2 N–H and O–H groups in total. The van der Waals surface area contributed by atoms with Crippen LogP contribution in [0.4, 0.5) is 0 Å². The molecule has 1 heterocycles. The first-order valence-corrected chi connectivity index (χ1v) is 7.18. The summed E-state index contributed by atoms with van der Waals surface area (Å²) in [5.74, 6) is 0.184. The first-order valence-electron chi connectivity index (χ1n) is 7.18. The summed E-state index contributed by atoms with van der Waals surface area (Å²) in [6.07, 6.45) is 4.21. The normalized spacial score (nSPS) is 35.5. The fraction of sp³-hybridized carbons (Fsp3) is 0.929. The Labute approximate surface area is 110 Å². The van der Waals surface area contributed by atoms with Gasteiger partial charge in [-0.25, -0.2) is 0 Å². The zero-order chi connectivity index (χ0) is 13.2. The van der Waals surface area contributed by atoms with Crippen molar-refractivity contribution in [3.8, 4) is 0 Å². The van der Waals surface area contributed by atoms with Gasteiger partial charge in [0.15, 0.2) is 0 Å². The number of hydrogen-bond acceptors (Lipinski definition) is 3. The minimum absolute atomic E-state index is 0.179. The first kappa shape index (κ1) is 13.8. The molecule has 104 valence electrons. The molecule has 0 radical (unpaired) electrons. The first-order chi connectivity index (χ1) is 8.54. The molecule has 0 aromatic rings. The largest absolute Gasteiger partial charge is 0.378 e. The lowest BCUT2D eigenvalue weighted by Gasteiger charge is -2.53. The third-order valence-corrected chi connectivity index (χ3v) is 4.47. The Morgan fingerprint density at radius 1 is 1.50 bits per heavy atom. The minimum atomic E-state index is 0.179. The molecule has 1 saturated carbocycles. The van der Waals surface area contributed by atoms with Crippen LogP contribution in [0.5, 0.6) is 0 Å². The molecular formula is C14H26N2O2. The van der Waals surface area contributed by atoms with Gasteiger partial charge in [0.1, 0.15) is 0 Å². The molecule has 3 unspecified atom stereocenters. The van der Waals surface area contributed by atoms with Crippen molar-refractivity contribution in [3.63, 3.8) is 0 Å². The maximum absolute atomic E-state index is 11.5. The zero-order valence-electron chi connectivity index (χ0n) is 11.8. The van der Waals surface area contributed by atoms with Crippen LogP contribution in [0.1, 0.15) is 46.5 Å². The molecule has 2 aliphatic rings. The average molecular weight is 254 g/mol. The van der Waals surface area contributed by atoms with Crippen LogP contribution in [-0.4, -0.2) is 37.2 Å². The van der Waals surface area contributed by atoms with Crippen LogP contribution in [0.2, 0.25) is 0 Å². The van der Waals surface area contributed by atoms with Gasteiger partial charge in [0.05, 0.1) is 6.10 Å². The Morgan fingerprint density at radius 2 is 2.28 bits per heavy atom. The maximum atomic E-state index is 11.5. The Hall–Kier alpha value is -0.610. The second-order valence-corrected chi connectivity index (χ2v) is 6.11. The number of nitrogens with one attached hydrogen (secondary N) is 2. The van der Waals surface area contributed by atoms with Gasteiger partial charge in [-0.1, -0.05) is 13.8 Å². The highest BCUT2D eigenvalue weighted by Crippen LogP contribution is 2.43. The highest BCUT2D eigenvalue weighted by molar-refractivity contribution is 5.76. The van der Waals surface area contributed by atoms with E-state index in [2.05, 4.69) is 24.5 Å². The average Bonchev–Trinajstić information content (AvgIpc) is 2.52. The fourth-order valence-electron chi connectivity index (χ4n) is 3.05. The predicted octanol–water partition coefficient (Wildman–Crippen LogP) is 1.45. The minimum Gasteiger partial charge on any atom is -0.378 e. The summed E-state index contributed by atoms with van der Waals surface area (Å²) in [6, 6.07) is 0.810. The lowest BCUT2D eigenvalue weighted by atomic mass is 9.64. The fourth-order valence-corrected chi connectivity index (χ4v) is 3.05. The lowest BCUT2D eigenvalue weighted by molar-refractivity contribution is -0.124. The Balaban J connectivity index is 1.85. The van der Waals surface area contributed by atoms with Crippen molar-refractivity contribution in [3.05, 3.63) is 0 Å². The van der Waals surface area contributed by atoms with E-state index in [9.17, 15) is 4.79 Å². The molecule has 0 aromatic heterocycles. The zero-order valence-corrected chi connectivity index (χ0v) is 11.8. The Morgan fingerprint density at radius 3 is 2.94 bits per heavy atom. The summed E-state index contributed by atoms with van der Waals surface area (Å²) in [4.78, 5) is 11.5. The van der Waals surface area contributed by atoms with Gasteiger partial charge in [0.2, 0.25) is 5.91 Å². The number of carbonyl (C=O) groups is 1. The summed E-state index contributed by atoms with van der Waals surface area (Å²) in [5.41, 5.74) is 0.179. The lowest BCUT2D eigenvalue weighted by Crippen LogP contribution is -2.62. The van der Waals surface area contributed by atoms with Crippen LogP contribution in [0.25, 0.3) is 0 Å². The van der Waals surface area contributed by atoms with E-state index in [1.165, 1.54) is 0 Å². The van der Waals surface area contributed by atoms with E-state index in [1.807, 2.05) is 6.92 Å². The molecule has 0 aromatic carbocycles. The second-order valence-electron chi connectivity index (χ2n) is 6.11. The second kappa shape index (κ2) is 5.57. The molecule has 0 spiro atoms. The summed E-state index contributed by atoms with van der Waals surface area (Å²) in [7, 11) is 0. The maximum Gasteiger partial charge on any atom is 0.221 e. The molecule has 4 nitrogen and oxygen atoms in total. The monoisotopic (exact) mass is 254 g/mol. The van der Waals surface area contributed by atoms with Crippen molar-refractivity contribution in [2.45, 2.75) is 64.6 Å². The van der Waals surface area contributed by atoms with E-state index < -0.39 is 0 Å². The van der Waals surface area contributed by atoms with Crippen LogP contribution < -0.4 is 10.6 Å². The molecule has 18 heavy (non-hydrogen) atoms. The standard InChI is InChI=1S/C14H26N2O2/c1-4-18-12-9-11(14(12,2)3)16-10-6-5-7-15-13(17)8-10/h10-12,16H,4-9H2,1-3H3,(H,15,17). The van der Waals surface area contributed by atoms with E-state index in [1.54, 1.807) is 0 Å². The molecule has 1 saturated heterocycles. The van der Waals surface area contributed by atoms with Crippen molar-refractivity contribution in [2.24, 2.45) is 5.41 Å². The molecule has 1 aliphatic carbocycles. The summed E-state index contributed by atoms with van der Waals surface area (Å²) in [5, 5.41) is 6.59. The van der Waals surface area contributed by atoms with Crippen molar-refractivity contribution in [1.82, 2.24) is 10.6 Å². The molecule has 2 fully saturated rings. The van der Waals surface area contributed by atoms with Gasteiger partial charge >= 0.3 is 0 Å². The van der Waals surface area contributed by atoms with Crippen molar-refractivity contribution in [1.29, 1.82) is 0 Å². The number of rotatable bonds is 4. The third-order valence-electron chi connectivity index (χ3n) is 4.47. The number of ether oxygens (including phenoxy) is 1. The summed E-state index contributed by atoms with van der Waals surface area (Å²) < 4.78 is 5.74. The van der Waals surface area contributed by atoms with Crippen molar-refractivity contribution in [2.75, 3.05) is 13.2 Å². The van der Waals surface area contributed by atoms with Crippen LogP contribution in [-0.2, 0) is 9.53 Å². The van der Waals surface area contributed by atoms with E-state index in [0.29, 0.717) is 24.6 Å². The number of carbonyl (C=O) groups excluding carboxylic acids is 1. The van der Waals surface area contributed by atoms with Crippen LogP contribution in [0.3, 0.4) is 0 Å². The third kappa shape index (κ3) is 2.86. The van der Waals surface area contributed by atoms with Crippen LogP contribution >= 0.6 is 0 Å². The molecule has 4 heteroatoms. The van der Waals surface area contributed by atoms with Crippen LogP contribution in [0.15, 0.2) is 0 Å². The molecule has 3 atom stereocenters. The van der Waals surface area contributed by atoms with E-state index >= 15 is 0 Å². The van der Waals surface area contributed by atoms with Gasteiger partial charge in [-0.3, -0.25) is 4.79 Å². The van der Waals surface area contributed by atoms with Gasteiger partial charge in [0, 0.05) is 37.1 Å². The molecule has 0 bridgehead atoms. The molecular weight excluding hydrogens is 228 g/mol. The van der Waals surface area contributed by atoms with E-state index in [0.717, 1.165) is 32.4 Å². The number of amides is 1. The predicted molar refractivity (Wildman–Crippen MR) is 71.4 cm³/mol. The Bertz CT molecular complexity index is 304. The highest BCUT2D eigenvalue weighted by atomic mass is 16.5. The molecule has 1 amide bonds. The van der Waals surface area contributed by atoms with Gasteiger partial charge < -0.3 is 15.4 Å². The SMILES string of the molecule is CCOC1CC(NC2CCCNC(=O)C2)C1(C)C. The smallest absolute Gasteiger partial charge is 0.221 e.